The average molecular weight is 304 g/mol. The van der Waals surface area contributed by atoms with E-state index in [1.807, 2.05) is 6.08 Å². The molecule has 0 saturated heterocycles. The number of fused-ring (bicyclic) bond motifs is 3. The summed E-state index contributed by atoms with van der Waals surface area (Å²) in [5.74, 6) is 0.647. The average Bonchev–Trinajstić information content (AvgIpc) is 2.47. The van der Waals surface area contributed by atoms with Crippen molar-refractivity contribution in [1.82, 2.24) is 0 Å². The molecule has 3 aliphatic carbocycles. The minimum Gasteiger partial charge on any atom is -0.359 e. The lowest BCUT2D eigenvalue weighted by atomic mass is 9.50. The summed E-state index contributed by atoms with van der Waals surface area (Å²) in [6.07, 6.45) is 10.8. The summed E-state index contributed by atoms with van der Waals surface area (Å²) in [5.41, 5.74) is 1.27. The van der Waals surface area contributed by atoms with Crippen LogP contribution >= 0.6 is 0 Å². The molecular weight excluding hydrogens is 276 g/mol. The van der Waals surface area contributed by atoms with Crippen molar-refractivity contribution in [3.63, 3.8) is 0 Å². The number of methoxy groups -OCH3 is 1. The van der Waals surface area contributed by atoms with Crippen molar-refractivity contribution >= 4 is 5.78 Å². The standard InChI is InChI=1S/C19H28O3/c1-18(2)9-6-10-19(3)16(18)11-14(20)13-7-5-8-15(17(13)19)22-12-21-4/h6,10-11,13,15,17H,5,7-9,12H2,1-4H3/t13-,15+,17-,19-/m0/s1. The molecule has 3 aliphatic rings. The molecule has 0 spiro atoms. The van der Waals surface area contributed by atoms with Crippen LogP contribution in [-0.4, -0.2) is 25.8 Å². The van der Waals surface area contributed by atoms with Crippen LogP contribution in [0.3, 0.4) is 0 Å². The molecule has 0 amide bonds. The molecule has 0 heterocycles. The molecule has 0 unspecified atom stereocenters. The highest BCUT2D eigenvalue weighted by Gasteiger charge is 2.55. The number of carbonyl (C=O) groups excluding carboxylic acids is 1. The van der Waals surface area contributed by atoms with Crippen LogP contribution < -0.4 is 0 Å². The predicted octanol–water partition coefficient (Wildman–Crippen LogP) is 3.89. The van der Waals surface area contributed by atoms with Crippen LogP contribution in [0.15, 0.2) is 23.8 Å². The second kappa shape index (κ2) is 5.61. The van der Waals surface area contributed by atoms with Crippen LogP contribution in [0.25, 0.3) is 0 Å². The van der Waals surface area contributed by atoms with Crippen molar-refractivity contribution < 1.29 is 14.3 Å². The molecule has 0 aromatic rings. The molecule has 122 valence electrons. The molecule has 4 atom stereocenters. The van der Waals surface area contributed by atoms with E-state index in [4.69, 9.17) is 9.47 Å². The smallest absolute Gasteiger partial charge is 0.159 e. The Kier molecular flexibility index (Phi) is 4.07. The van der Waals surface area contributed by atoms with Crippen molar-refractivity contribution in [3.8, 4) is 0 Å². The van der Waals surface area contributed by atoms with Crippen LogP contribution in [0.5, 0.6) is 0 Å². The lowest BCUT2D eigenvalue weighted by Crippen LogP contribution is -2.53. The lowest BCUT2D eigenvalue weighted by molar-refractivity contribution is -0.147. The van der Waals surface area contributed by atoms with Gasteiger partial charge >= 0.3 is 0 Å². The number of carbonyl (C=O) groups is 1. The fourth-order valence-corrected chi connectivity index (χ4v) is 5.04. The van der Waals surface area contributed by atoms with E-state index in [0.717, 1.165) is 25.7 Å². The number of ether oxygens (including phenoxy) is 2. The highest BCUT2D eigenvalue weighted by atomic mass is 16.7. The van der Waals surface area contributed by atoms with Crippen LogP contribution in [0.2, 0.25) is 0 Å². The number of hydrogen-bond acceptors (Lipinski definition) is 3. The van der Waals surface area contributed by atoms with Crippen LogP contribution in [-0.2, 0) is 14.3 Å². The van der Waals surface area contributed by atoms with Crippen LogP contribution in [0.4, 0.5) is 0 Å². The number of allylic oxidation sites excluding steroid dienone is 4. The Morgan fingerprint density at radius 3 is 2.77 bits per heavy atom. The van der Waals surface area contributed by atoms with E-state index in [1.165, 1.54) is 5.57 Å². The molecule has 3 nitrogen and oxygen atoms in total. The second-order valence-corrected chi connectivity index (χ2v) is 7.91. The minimum absolute atomic E-state index is 0.0490. The van der Waals surface area contributed by atoms with E-state index in [2.05, 4.69) is 32.9 Å². The normalized spacial score (nSPS) is 39.9. The Balaban J connectivity index is 2.04. The summed E-state index contributed by atoms with van der Waals surface area (Å²) >= 11 is 0. The van der Waals surface area contributed by atoms with Gasteiger partial charge in [0.15, 0.2) is 5.78 Å². The molecule has 3 rings (SSSR count). The van der Waals surface area contributed by atoms with Gasteiger partial charge in [-0.1, -0.05) is 44.9 Å². The first-order valence-electron chi connectivity index (χ1n) is 8.45. The zero-order chi connectivity index (χ0) is 16.0. The molecule has 0 radical (unpaired) electrons. The molecule has 0 bridgehead atoms. The van der Waals surface area contributed by atoms with E-state index in [1.54, 1.807) is 7.11 Å². The second-order valence-electron chi connectivity index (χ2n) is 7.91. The van der Waals surface area contributed by atoms with Gasteiger partial charge in [-0.05, 0) is 30.8 Å². The van der Waals surface area contributed by atoms with Crippen molar-refractivity contribution in [3.05, 3.63) is 23.8 Å². The highest BCUT2D eigenvalue weighted by Crippen LogP contribution is 2.58. The van der Waals surface area contributed by atoms with Gasteiger partial charge in [0.1, 0.15) is 6.79 Å². The molecule has 0 aromatic heterocycles. The van der Waals surface area contributed by atoms with E-state index >= 15 is 0 Å². The Labute approximate surface area is 133 Å². The van der Waals surface area contributed by atoms with Gasteiger partial charge in [0.2, 0.25) is 0 Å². The van der Waals surface area contributed by atoms with E-state index in [9.17, 15) is 4.79 Å². The molecule has 0 aliphatic heterocycles. The Hall–Kier alpha value is -0.930. The van der Waals surface area contributed by atoms with E-state index < -0.39 is 0 Å². The maximum Gasteiger partial charge on any atom is 0.159 e. The third-order valence-corrected chi connectivity index (χ3v) is 5.98. The maximum absolute atomic E-state index is 12.7. The van der Waals surface area contributed by atoms with Gasteiger partial charge in [-0.25, -0.2) is 0 Å². The monoisotopic (exact) mass is 304 g/mol. The van der Waals surface area contributed by atoms with Gasteiger partial charge in [0.25, 0.3) is 0 Å². The Bertz CT molecular complexity index is 517. The van der Waals surface area contributed by atoms with E-state index in [0.29, 0.717) is 12.6 Å². The van der Waals surface area contributed by atoms with Crippen molar-refractivity contribution in [2.75, 3.05) is 13.9 Å². The molecule has 3 heteroatoms. The highest BCUT2D eigenvalue weighted by molar-refractivity contribution is 5.94. The summed E-state index contributed by atoms with van der Waals surface area (Å²) in [4.78, 5) is 12.7. The Morgan fingerprint density at radius 2 is 2.05 bits per heavy atom. The largest absolute Gasteiger partial charge is 0.359 e. The SMILES string of the molecule is COCO[C@@H]1CCC[C@H]2C(=O)C=C3C(C)(C)CC=C[C@]3(C)[C@H]12. The first kappa shape index (κ1) is 15.9. The first-order valence-corrected chi connectivity index (χ1v) is 8.45. The number of ketones is 1. The van der Waals surface area contributed by atoms with Gasteiger partial charge in [-0.2, -0.15) is 0 Å². The van der Waals surface area contributed by atoms with Crippen molar-refractivity contribution in [1.29, 1.82) is 0 Å². The summed E-state index contributed by atoms with van der Waals surface area (Å²) in [6.45, 7) is 7.11. The van der Waals surface area contributed by atoms with Gasteiger partial charge in [-0.15, -0.1) is 0 Å². The molecule has 0 aromatic carbocycles. The zero-order valence-electron chi connectivity index (χ0n) is 14.2. The number of hydrogen-bond donors (Lipinski definition) is 0. The Morgan fingerprint density at radius 1 is 1.27 bits per heavy atom. The van der Waals surface area contributed by atoms with Gasteiger partial charge < -0.3 is 9.47 Å². The van der Waals surface area contributed by atoms with Crippen molar-refractivity contribution in [2.24, 2.45) is 22.7 Å². The minimum atomic E-state index is -0.0703. The van der Waals surface area contributed by atoms with Crippen LogP contribution in [0, 0.1) is 22.7 Å². The molecule has 1 fully saturated rings. The van der Waals surface area contributed by atoms with Gasteiger partial charge in [-0.3, -0.25) is 4.79 Å². The topological polar surface area (TPSA) is 35.5 Å². The predicted molar refractivity (Wildman–Crippen MR) is 86.3 cm³/mol. The zero-order valence-corrected chi connectivity index (χ0v) is 14.2. The fourth-order valence-electron chi connectivity index (χ4n) is 5.04. The first-order chi connectivity index (χ1) is 10.4. The molecular formula is C19H28O3. The molecule has 1 saturated carbocycles. The van der Waals surface area contributed by atoms with Gasteiger partial charge in [0, 0.05) is 24.4 Å². The van der Waals surface area contributed by atoms with Crippen LogP contribution in [0.1, 0.15) is 46.5 Å². The summed E-state index contributed by atoms with van der Waals surface area (Å²) in [6, 6.07) is 0. The van der Waals surface area contributed by atoms with E-state index in [-0.39, 0.29) is 28.8 Å². The van der Waals surface area contributed by atoms with Crippen molar-refractivity contribution in [2.45, 2.75) is 52.6 Å². The molecule has 22 heavy (non-hydrogen) atoms. The summed E-state index contributed by atoms with van der Waals surface area (Å²) in [7, 11) is 1.66. The number of rotatable bonds is 3. The molecule has 0 N–H and O–H groups in total. The van der Waals surface area contributed by atoms with Gasteiger partial charge in [0.05, 0.1) is 6.10 Å². The quantitative estimate of drug-likeness (QED) is 0.586. The summed E-state index contributed by atoms with van der Waals surface area (Å²) in [5, 5.41) is 0. The third kappa shape index (κ3) is 2.39. The third-order valence-electron chi connectivity index (χ3n) is 5.98. The maximum atomic E-state index is 12.7. The fraction of sp³-hybridized carbons (Fsp3) is 0.737. The summed E-state index contributed by atoms with van der Waals surface area (Å²) < 4.78 is 11.1. The lowest BCUT2D eigenvalue weighted by Gasteiger charge is -2.54.